The molecule has 0 atom stereocenters. The van der Waals surface area contributed by atoms with Crippen LogP contribution in [0.5, 0.6) is 11.5 Å². The first-order chi connectivity index (χ1) is 17.3. The maximum atomic E-state index is 14.3. The van der Waals surface area contributed by atoms with Gasteiger partial charge in [-0.3, -0.25) is 0 Å². The molecule has 0 N–H and O–H groups in total. The summed E-state index contributed by atoms with van der Waals surface area (Å²) in [6, 6.07) is 9.56. The van der Waals surface area contributed by atoms with E-state index >= 15 is 0 Å². The minimum atomic E-state index is -1.04. The minimum Gasteiger partial charge on any atom is -0.473 e. The Morgan fingerprint density at radius 3 is 1.25 bits per heavy atom. The standard InChI is InChI=1S/C26H16F6N2O2/c27-17-5-19(29)25(20(30)6-17)33-9-15-1-13-2-16-10-34(26-21(31)7-18(28)8-22(26)32)12-36-24(16)4-14(13)3-23(15)35-11-33/h1-8H,9-12H2. The highest BCUT2D eigenvalue weighted by Crippen LogP contribution is 2.38. The summed E-state index contributed by atoms with van der Waals surface area (Å²) in [6.45, 7) is -0.0563. The summed E-state index contributed by atoms with van der Waals surface area (Å²) >= 11 is 0. The number of rotatable bonds is 2. The van der Waals surface area contributed by atoms with Crippen molar-refractivity contribution in [3.63, 3.8) is 0 Å². The van der Waals surface area contributed by atoms with Gasteiger partial charge in [0.2, 0.25) is 0 Å². The molecular weight excluding hydrogens is 486 g/mol. The van der Waals surface area contributed by atoms with Crippen LogP contribution in [0.1, 0.15) is 11.1 Å². The largest absolute Gasteiger partial charge is 0.473 e. The fraction of sp³-hybridized carbons (Fsp3) is 0.154. The zero-order valence-electron chi connectivity index (χ0n) is 18.4. The molecule has 2 heterocycles. The average molecular weight is 502 g/mol. The fourth-order valence-corrected chi connectivity index (χ4v) is 4.68. The number of benzene rings is 4. The summed E-state index contributed by atoms with van der Waals surface area (Å²) in [5.41, 5.74) is 0.502. The first kappa shape index (κ1) is 22.4. The molecule has 4 nitrogen and oxygen atoms in total. The Balaban J connectivity index is 1.34. The van der Waals surface area contributed by atoms with E-state index in [0.29, 0.717) is 46.9 Å². The van der Waals surface area contributed by atoms with Crippen LogP contribution in [0.15, 0.2) is 48.5 Å². The van der Waals surface area contributed by atoms with Gasteiger partial charge in [-0.05, 0) is 35.0 Å². The molecule has 0 amide bonds. The summed E-state index contributed by atoms with van der Waals surface area (Å²) in [5, 5.41) is 1.51. The second kappa shape index (κ2) is 8.25. The zero-order chi connectivity index (χ0) is 25.1. The van der Waals surface area contributed by atoms with E-state index in [2.05, 4.69) is 0 Å². The lowest BCUT2D eigenvalue weighted by molar-refractivity contribution is 0.285. The molecule has 0 aliphatic carbocycles. The van der Waals surface area contributed by atoms with Crippen LogP contribution in [-0.4, -0.2) is 13.5 Å². The normalized spacial score (nSPS) is 14.8. The smallest absolute Gasteiger partial charge is 0.161 e. The van der Waals surface area contributed by atoms with Gasteiger partial charge in [-0.25, -0.2) is 26.3 Å². The van der Waals surface area contributed by atoms with Gasteiger partial charge in [0.1, 0.15) is 34.5 Å². The van der Waals surface area contributed by atoms with Crippen LogP contribution in [0.2, 0.25) is 0 Å². The molecular formula is C26H16F6N2O2. The molecule has 0 bridgehead atoms. The molecule has 4 aromatic carbocycles. The molecule has 0 aromatic heterocycles. The summed E-state index contributed by atoms with van der Waals surface area (Å²) in [6.07, 6.45) is 0. The van der Waals surface area contributed by atoms with Crippen molar-refractivity contribution in [1.29, 1.82) is 0 Å². The predicted molar refractivity (Wildman–Crippen MR) is 120 cm³/mol. The Morgan fingerprint density at radius 2 is 0.861 bits per heavy atom. The van der Waals surface area contributed by atoms with E-state index in [-0.39, 0.29) is 37.9 Å². The van der Waals surface area contributed by atoms with Crippen LogP contribution in [0.25, 0.3) is 10.8 Å². The van der Waals surface area contributed by atoms with Crippen LogP contribution in [-0.2, 0) is 13.1 Å². The van der Waals surface area contributed by atoms with Crippen molar-refractivity contribution >= 4 is 22.1 Å². The Morgan fingerprint density at radius 1 is 0.500 bits per heavy atom. The molecule has 0 saturated heterocycles. The summed E-state index contributed by atoms with van der Waals surface area (Å²) in [5.74, 6) is -5.12. The molecule has 184 valence electrons. The first-order valence-corrected chi connectivity index (χ1v) is 10.9. The molecule has 10 heteroatoms. The summed E-state index contributed by atoms with van der Waals surface area (Å²) in [7, 11) is 0. The number of hydrogen-bond donors (Lipinski definition) is 0. The van der Waals surface area contributed by atoms with Gasteiger partial charge in [0.05, 0.1) is 13.1 Å². The van der Waals surface area contributed by atoms with Crippen LogP contribution in [0.4, 0.5) is 37.7 Å². The fourth-order valence-electron chi connectivity index (χ4n) is 4.68. The van der Waals surface area contributed by atoms with Crippen molar-refractivity contribution < 1.29 is 35.8 Å². The van der Waals surface area contributed by atoms with Crippen LogP contribution in [0.3, 0.4) is 0 Å². The maximum Gasteiger partial charge on any atom is 0.161 e. The molecule has 2 aliphatic rings. The molecule has 0 radical (unpaired) electrons. The van der Waals surface area contributed by atoms with Crippen molar-refractivity contribution in [3.05, 3.63) is 94.6 Å². The van der Waals surface area contributed by atoms with Gasteiger partial charge in [-0.2, -0.15) is 0 Å². The molecule has 4 aromatic rings. The topological polar surface area (TPSA) is 24.9 Å². The highest BCUT2D eigenvalue weighted by atomic mass is 19.2. The summed E-state index contributed by atoms with van der Waals surface area (Å²) < 4.78 is 95.3. The van der Waals surface area contributed by atoms with Crippen molar-refractivity contribution in [2.75, 3.05) is 23.3 Å². The van der Waals surface area contributed by atoms with Crippen LogP contribution >= 0.6 is 0 Å². The van der Waals surface area contributed by atoms with Gasteiger partial charge in [-0.15, -0.1) is 0 Å². The van der Waals surface area contributed by atoms with E-state index in [1.807, 2.05) is 0 Å². The quantitative estimate of drug-likeness (QED) is 0.297. The van der Waals surface area contributed by atoms with E-state index in [1.165, 1.54) is 9.80 Å². The highest BCUT2D eigenvalue weighted by molar-refractivity contribution is 5.88. The average Bonchev–Trinajstić information content (AvgIpc) is 2.80. The zero-order valence-corrected chi connectivity index (χ0v) is 18.4. The number of halogens is 6. The lowest BCUT2D eigenvalue weighted by Crippen LogP contribution is -2.33. The molecule has 0 unspecified atom stereocenters. The molecule has 2 aliphatic heterocycles. The molecule has 36 heavy (non-hydrogen) atoms. The van der Waals surface area contributed by atoms with Crippen molar-refractivity contribution in [1.82, 2.24) is 0 Å². The monoisotopic (exact) mass is 502 g/mol. The van der Waals surface area contributed by atoms with E-state index in [9.17, 15) is 26.3 Å². The van der Waals surface area contributed by atoms with Gasteiger partial charge in [0.25, 0.3) is 0 Å². The Kier molecular flexibility index (Phi) is 5.13. The third-order valence-corrected chi connectivity index (χ3v) is 6.27. The van der Waals surface area contributed by atoms with E-state index < -0.39 is 34.9 Å². The number of hydrogen-bond acceptors (Lipinski definition) is 4. The minimum absolute atomic E-state index is 0.108. The Labute approximate surface area is 200 Å². The van der Waals surface area contributed by atoms with E-state index in [0.717, 1.165) is 10.8 Å². The van der Waals surface area contributed by atoms with Gasteiger partial charge < -0.3 is 19.3 Å². The second-order valence-electron chi connectivity index (χ2n) is 8.65. The van der Waals surface area contributed by atoms with Gasteiger partial charge >= 0.3 is 0 Å². The Bertz CT molecular complexity index is 1390. The number of anilines is 2. The Hall–Kier alpha value is -4.08. The van der Waals surface area contributed by atoms with Gasteiger partial charge in [0.15, 0.2) is 36.7 Å². The van der Waals surface area contributed by atoms with Crippen molar-refractivity contribution in [2.45, 2.75) is 13.1 Å². The number of fused-ring (bicyclic) bond motifs is 3. The van der Waals surface area contributed by atoms with E-state index in [4.69, 9.17) is 9.47 Å². The number of ether oxygens (including phenoxy) is 2. The van der Waals surface area contributed by atoms with Crippen LogP contribution in [0, 0.1) is 34.9 Å². The van der Waals surface area contributed by atoms with E-state index in [1.54, 1.807) is 24.3 Å². The first-order valence-electron chi connectivity index (χ1n) is 10.9. The van der Waals surface area contributed by atoms with Crippen LogP contribution < -0.4 is 19.3 Å². The SMILES string of the molecule is Fc1cc(F)c(N2COc3cc4cc5c(cc4cc3C2)CN(c2c(F)cc(F)cc2F)CO5)c(F)c1. The summed E-state index contributed by atoms with van der Waals surface area (Å²) in [4.78, 5) is 2.64. The number of nitrogens with zero attached hydrogens (tertiary/aromatic N) is 2. The predicted octanol–water partition coefficient (Wildman–Crippen LogP) is 6.39. The molecule has 0 saturated carbocycles. The van der Waals surface area contributed by atoms with Crippen molar-refractivity contribution in [3.8, 4) is 11.5 Å². The lowest BCUT2D eigenvalue weighted by Gasteiger charge is -2.33. The maximum absolute atomic E-state index is 14.3. The third kappa shape index (κ3) is 3.73. The second-order valence-corrected chi connectivity index (χ2v) is 8.65. The molecule has 6 rings (SSSR count). The third-order valence-electron chi connectivity index (χ3n) is 6.27. The molecule has 0 spiro atoms. The van der Waals surface area contributed by atoms with Gasteiger partial charge in [0, 0.05) is 35.4 Å². The van der Waals surface area contributed by atoms with Gasteiger partial charge in [-0.1, -0.05) is 0 Å². The highest BCUT2D eigenvalue weighted by Gasteiger charge is 2.27. The molecule has 0 fully saturated rings. The van der Waals surface area contributed by atoms with Crippen molar-refractivity contribution in [2.24, 2.45) is 0 Å². The lowest BCUT2D eigenvalue weighted by atomic mass is 10.0.